The number of fused-ring (bicyclic) bond motifs is 10. The van der Waals surface area contributed by atoms with Crippen molar-refractivity contribution in [3.8, 4) is 11.5 Å². The molecule has 4 N–H and O–H groups in total. The van der Waals surface area contributed by atoms with Crippen LogP contribution in [0, 0.1) is 11.6 Å². The van der Waals surface area contributed by atoms with E-state index in [2.05, 4.69) is 15.2 Å². The number of ether oxygens (including phenoxy) is 1. The highest BCUT2D eigenvalue weighted by molar-refractivity contribution is 6.39. The normalized spacial score (nSPS) is 16.5. The SMILES string of the molecule is O=C1NC(=O)c2c1c1c3cc(F)c(O)cc3[nH]c1c1c2c2cc(F)c(O)cc2n1CCN1CCOCC1. The predicted molar refractivity (Wildman–Crippen MR) is 131 cm³/mol. The van der Waals surface area contributed by atoms with E-state index < -0.39 is 34.9 Å². The maximum Gasteiger partial charge on any atom is 0.259 e. The Hall–Kier alpha value is -4.22. The average molecular weight is 506 g/mol. The highest BCUT2D eigenvalue weighted by atomic mass is 19.1. The summed E-state index contributed by atoms with van der Waals surface area (Å²) in [4.78, 5) is 31.5. The molecule has 9 nitrogen and oxygen atoms in total. The van der Waals surface area contributed by atoms with E-state index in [0.29, 0.717) is 69.9 Å². The van der Waals surface area contributed by atoms with Gasteiger partial charge in [0.25, 0.3) is 11.8 Å². The van der Waals surface area contributed by atoms with Crippen molar-refractivity contribution in [2.24, 2.45) is 0 Å². The first-order valence-corrected chi connectivity index (χ1v) is 11.8. The first-order chi connectivity index (χ1) is 17.8. The van der Waals surface area contributed by atoms with Crippen molar-refractivity contribution in [3.63, 3.8) is 0 Å². The Morgan fingerprint density at radius 1 is 0.865 bits per heavy atom. The van der Waals surface area contributed by atoms with Gasteiger partial charge in [0.2, 0.25) is 0 Å². The number of hydrogen-bond donors (Lipinski definition) is 4. The molecule has 3 aromatic carbocycles. The first kappa shape index (κ1) is 22.0. The molecule has 7 rings (SSSR count). The number of carbonyl (C=O) groups excluding carboxylic acids is 2. The van der Waals surface area contributed by atoms with Crippen molar-refractivity contribution in [3.05, 3.63) is 47.0 Å². The van der Waals surface area contributed by atoms with Crippen LogP contribution in [-0.2, 0) is 11.3 Å². The van der Waals surface area contributed by atoms with Gasteiger partial charge in [0, 0.05) is 59.9 Å². The molecule has 0 saturated carbocycles. The number of nitrogens with zero attached hydrogens (tertiary/aromatic N) is 2. The van der Waals surface area contributed by atoms with Crippen LogP contribution in [-0.4, -0.2) is 69.3 Å². The molecule has 4 heterocycles. The molecule has 0 atom stereocenters. The van der Waals surface area contributed by atoms with E-state index in [1.54, 1.807) is 0 Å². The summed E-state index contributed by atoms with van der Waals surface area (Å²) < 4.78 is 36.4. The largest absolute Gasteiger partial charge is 0.505 e. The molecule has 0 radical (unpaired) electrons. The number of benzene rings is 3. The average Bonchev–Trinajstić information content (AvgIpc) is 3.48. The summed E-state index contributed by atoms with van der Waals surface area (Å²) in [5.74, 6) is -4.11. The topological polar surface area (TPSA) is 120 Å². The van der Waals surface area contributed by atoms with Gasteiger partial charge in [-0.05, 0) is 12.1 Å². The molecule has 0 unspecified atom stereocenters. The Kier molecular flexibility index (Phi) is 4.55. The van der Waals surface area contributed by atoms with Gasteiger partial charge in [-0.2, -0.15) is 0 Å². The number of rotatable bonds is 3. The monoisotopic (exact) mass is 506 g/mol. The summed E-state index contributed by atoms with van der Waals surface area (Å²) >= 11 is 0. The lowest BCUT2D eigenvalue weighted by Crippen LogP contribution is -2.38. The third-order valence-corrected chi connectivity index (χ3v) is 7.41. The number of amides is 2. The van der Waals surface area contributed by atoms with Gasteiger partial charge in [-0.1, -0.05) is 0 Å². The lowest BCUT2D eigenvalue weighted by Gasteiger charge is -2.27. The van der Waals surface area contributed by atoms with Crippen molar-refractivity contribution in [1.82, 2.24) is 19.8 Å². The summed E-state index contributed by atoms with van der Waals surface area (Å²) in [5, 5.41) is 23.9. The van der Waals surface area contributed by atoms with E-state index in [1.807, 2.05) is 4.57 Å². The summed E-state index contributed by atoms with van der Waals surface area (Å²) in [6.07, 6.45) is 0. The molecule has 1 saturated heterocycles. The Balaban J connectivity index is 1.64. The summed E-state index contributed by atoms with van der Waals surface area (Å²) in [5.41, 5.74) is 1.94. The number of aromatic hydroxyl groups is 2. The minimum absolute atomic E-state index is 0.0598. The van der Waals surface area contributed by atoms with Crippen LogP contribution >= 0.6 is 0 Å². The zero-order chi connectivity index (χ0) is 25.6. The number of phenolic OH excluding ortho intramolecular Hbond substituents is 2. The Bertz CT molecular complexity index is 1830. The highest BCUT2D eigenvalue weighted by Crippen LogP contribution is 2.45. The maximum absolute atomic E-state index is 14.6. The predicted octanol–water partition coefficient (Wildman–Crippen LogP) is 3.33. The number of halogens is 2. The van der Waals surface area contributed by atoms with Crippen LogP contribution in [0.4, 0.5) is 8.78 Å². The molecule has 1 fully saturated rings. The number of H-pyrrole nitrogens is 1. The minimum atomic E-state index is -0.869. The van der Waals surface area contributed by atoms with E-state index in [9.17, 15) is 28.6 Å². The lowest BCUT2D eigenvalue weighted by molar-refractivity contribution is 0.0366. The molecule has 188 valence electrons. The van der Waals surface area contributed by atoms with Crippen LogP contribution in [0.25, 0.3) is 43.6 Å². The van der Waals surface area contributed by atoms with Crippen LogP contribution < -0.4 is 5.32 Å². The van der Waals surface area contributed by atoms with Crippen molar-refractivity contribution in [1.29, 1.82) is 0 Å². The van der Waals surface area contributed by atoms with Crippen molar-refractivity contribution >= 4 is 55.4 Å². The van der Waals surface area contributed by atoms with E-state index in [4.69, 9.17) is 4.74 Å². The second kappa shape index (κ2) is 7.64. The van der Waals surface area contributed by atoms with Crippen LogP contribution in [0.5, 0.6) is 11.5 Å². The lowest BCUT2D eigenvalue weighted by atomic mass is 9.96. The summed E-state index contributed by atoms with van der Waals surface area (Å²) in [6, 6.07) is 4.82. The van der Waals surface area contributed by atoms with Gasteiger partial charge in [0.05, 0.1) is 46.4 Å². The van der Waals surface area contributed by atoms with Gasteiger partial charge >= 0.3 is 0 Å². The standard InChI is InChI=1S/C26H20F2N4O5/c27-13-7-11-15(9-17(13)33)29-23-19(11)21-22(26(36)30-25(21)35)20-12-8-14(28)18(34)10-16(12)32(24(20)23)2-1-31-3-5-37-6-4-31/h7-10,29,33-34H,1-6H2,(H,30,35,36). The van der Waals surface area contributed by atoms with Crippen LogP contribution in [0.2, 0.25) is 0 Å². The molecule has 2 aromatic heterocycles. The fourth-order valence-corrected chi connectivity index (χ4v) is 5.74. The molecular formula is C26H20F2N4O5. The van der Waals surface area contributed by atoms with Crippen molar-refractivity contribution in [2.45, 2.75) is 6.54 Å². The molecule has 11 heteroatoms. The van der Waals surface area contributed by atoms with Gasteiger partial charge in [0.15, 0.2) is 23.1 Å². The number of aromatic nitrogens is 2. The van der Waals surface area contributed by atoms with Gasteiger partial charge in [0.1, 0.15) is 0 Å². The molecule has 2 amide bonds. The third-order valence-electron chi connectivity index (χ3n) is 7.41. The minimum Gasteiger partial charge on any atom is -0.505 e. The molecule has 5 aromatic rings. The smallest absolute Gasteiger partial charge is 0.259 e. The maximum atomic E-state index is 14.6. The molecule has 0 spiro atoms. The zero-order valence-electron chi connectivity index (χ0n) is 19.3. The zero-order valence-corrected chi connectivity index (χ0v) is 19.3. The van der Waals surface area contributed by atoms with Gasteiger partial charge in [-0.25, -0.2) is 8.78 Å². The third kappa shape index (κ3) is 3.01. The number of nitrogens with one attached hydrogen (secondary N) is 2. The molecule has 2 aliphatic rings. The van der Waals surface area contributed by atoms with E-state index in [1.165, 1.54) is 12.1 Å². The summed E-state index contributed by atoms with van der Waals surface area (Å²) in [7, 11) is 0. The number of morpholine rings is 1. The van der Waals surface area contributed by atoms with Crippen LogP contribution in [0.1, 0.15) is 20.7 Å². The second-order valence-corrected chi connectivity index (χ2v) is 9.41. The summed E-state index contributed by atoms with van der Waals surface area (Å²) in [6.45, 7) is 3.73. The van der Waals surface area contributed by atoms with Gasteiger partial charge < -0.3 is 24.5 Å². The number of imide groups is 1. The molecule has 0 bridgehead atoms. The Morgan fingerprint density at radius 3 is 2.24 bits per heavy atom. The Labute approximate surface area is 206 Å². The first-order valence-electron chi connectivity index (χ1n) is 11.8. The fourth-order valence-electron chi connectivity index (χ4n) is 5.74. The highest BCUT2D eigenvalue weighted by Gasteiger charge is 2.36. The molecule has 37 heavy (non-hydrogen) atoms. The molecular weight excluding hydrogens is 486 g/mol. The Morgan fingerprint density at radius 2 is 1.51 bits per heavy atom. The molecule has 2 aliphatic heterocycles. The second-order valence-electron chi connectivity index (χ2n) is 9.41. The van der Waals surface area contributed by atoms with Crippen molar-refractivity contribution < 1.29 is 33.3 Å². The van der Waals surface area contributed by atoms with E-state index in [-0.39, 0.29) is 11.1 Å². The number of aromatic amines is 1. The number of hydrogen-bond acceptors (Lipinski definition) is 6. The number of carbonyl (C=O) groups is 2. The number of phenols is 2. The molecule has 0 aliphatic carbocycles. The van der Waals surface area contributed by atoms with E-state index in [0.717, 1.165) is 25.2 Å². The van der Waals surface area contributed by atoms with Gasteiger partial charge in [-0.3, -0.25) is 19.8 Å². The van der Waals surface area contributed by atoms with Gasteiger partial charge in [-0.15, -0.1) is 0 Å². The van der Waals surface area contributed by atoms with Crippen LogP contribution in [0.15, 0.2) is 24.3 Å². The van der Waals surface area contributed by atoms with Crippen LogP contribution in [0.3, 0.4) is 0 Å². The van der Waals surface area contributed by atoms with Crippen molar-refractivity contribution in [2.75, 3.05) is 32.8 Å². The quantitative estimate of drug-likeness (QED) is 0.279. The van der Waals surface area contributed by atoms with E-state index >= 15 is 0 Å². The fraction of sp³-hybridized carbons (Fsp3) is 0.231.